The van der Waals surface area contributed by atoms with Crippen molar-refractivity contribution in [1.29, 1.82) is 5.26 Å². The number of aromatic nitrogens is 5. The fourth-order valence-corrected chi connectivity index (χ4v) is 3.09. The van der Waals surface area contributed by atoms with Gasteiger partial charge in [0.2, 0.25) is 5.88 Å². The second-order valence-corrected chi connectivity index (χ2v) is 6.96. The summed E-state index contributed by atoms with van der Waals surface area (Å²) in [6.45, 7) is 0. The van der Waals surface area contributed by atoms with Crippen LogP contribution in [0.15, 0.2) is 46.3 Å². The van der Waals surface area contributed by atoms with Gasteiger partial charge in [-0.1, -0.05) is 12.1 Å². The zero-order valence-electron chi connectivity index (χ0n) is 15.6. The Balaban J connectivity index is 1.70. The van der Waals surface area contributed by atoms with Crippen LogP contribution >= 0.6 is 0 Å². The van der Waals surface area contributed by atoms with Crippen LogP contribution in [-0.4, -0.2) is 35.7 Å². The first-order valence-electron chi connectivity index (χ1n) is 9.32. The number of nitriles is 1. The molecule has 0 saturated heterocycles. The number of fused-ring (bicyclic) bond motifs is 1. The summed E-state index contributed by atoms with van der Waals surface area (Å²) >= 11 is 0. The Labute approximate surface area is 168 Å². The Morgan fingerprint density at radius 3 is 2.90 bits per heavy atom. The Hall–Kier alpha value is -4.39. The first-order valence-corrected chi connectivity index (χ1v) is 9.32. The van der Waals surface area contributed by atoms with E-state index < -0.39 is 5.69 Å². The molecule has 5 rings (SSSR count). The topological polar surface area (TPSA) is 147 Å². The first kappa shape index (κ1) is 17.7. The lowest BCUT2D eigenvalue weighted by atomic mass is 10.2. The molecule has 10 heteroatoms. The summed E-state index contributed by atoms with van der Waals surface area (Å²) in [5, 5.41) is 27.4. The minimum Gasteiger partial charge on any atom is -0.493 e. The highest BCUT2D eigenvalue weighted by molar-refractivity contribution is 5.66. The molecule has 3 heterocycles. The predicted molar refractivity (Wildman–Crippen MR) is 108 cm³/mol. The molecule has 1 aromatic carbocycles. The molecule has 30 heavy (non-hydrogen) atoms. The number of rotatable bonds is 4. The van der Waals surface area contributed by atoms with Crippen LogP contribution in [0.25, 0.3) is 11.7 Å². The van der Waals surface area contributed by atoms with Crippen molar-refractivity contribution < 1.29 is 5.11 Å². The second kappa shape index (κ2) is 6.89. The number of hydrogen-bond donors (Lipinski definition) is 4. The van der Waals surface area contributed by atoms with Crippen molar-refractivity contribution in [3.63, 3.8) is 0 Å². The number of anilines is 2. The minimum absolute atomic E-state index is 0.227. The van der Waals surface area contributed by atoms with Crippen LogP contribution in [0.4, 0.5) is 11.5 Å². The van der Waals surface area contributed by atoms with Gasteiger partial charge in [0, 0.05) is 11.3 Å². The van der Waals surface area contributed by atoms with Crippen molar-refractivity contribution in [2.45, 2.75) is 18.9 Å². The van der Waals surface area contributed by atoms with Gasteiger partial charge in [0.15, 0.2) is 11.1 Å². The van der Waals surface area contributed by atoms with Gasteiger partial charge in [0.1, 0.15) is 17.6 Å². The number of nitrogens with zero attached hydrogens (tertiary/aromatic N) is 5. The summed E-state index contributed by atoms with van der Waals surface area (Å²) in [5.41, 5.74) is 1.97. The van der Waals surface area contributed by atoms with Crippen LogP contribution in [0.2, 0.25) is 0 Å². The highest BCUT2D eigenvalue weighted by Crippen LogP contribution is 2.23. The number of hydrogen-bond acceptors (Lipinski definition) is 7. The van der Waals surface area contributed by atoms with Crippen LogP contribution in [0, 0.1) is 11.3 Å². The van der Waals surface area contributed by atoms with Gasteiger partial charge in [0.25, 0.3) is 0 Å². The van der Waals surface area contributed by atoms with E-state index >= 15 is 0 Å². The highest BCUT2D eigenvalue weighted by atomic mass is 16.3. The van der Waals surface area contributed by atoms with E-state index in [0.717, 1.165) is 12.8 Å². The normalized spacial score (nSPS) is 14.9. The third-order valence-corrected chi connectivity index (χ3v) is 4.69. The Morgan fingerprint density at radius 1 is 1.33 bits per heavy atom. The monoisotopic (exact) mass is 400 g/mol. The molecule has 3 aromatic heterocycles. The van der Waals surface area contributed by atoms with Crippen molar-refractivity contribution in [1.82, 2.24) is 24.6 Å². The molecule has 1 saturated carbocycles. The van der Waals surface area contributed by atoms with E-state index in [1.165, 1.54) is 0 Å². The molecule has 0 atom stereocenters. The van der Waals surface area contributed by atoms with E-state index in [1.54, 1.807) is 41.1 Å². The SMILES string of the molecule is N#Cc1ccccc1Nc1cc(=NC2CC2)n2nc/c(=C\c3[nH]c(=O)[nH]c3O)c2n1. The number of aromatic hydroxyl groups is 1. The molecule has 0 radical (unpaired) electrons. The van der Waals surface area contributed by atoms with Crippen molar-refractivity contribution in [2.24, 2.45) is 4.99 Å². The molecule has 4 aromatic rings. The highest BCUT2D eigenvalue weighted by Gasteiger charge is 2.20. The largest absolute Gasteiger partial charge is 0.493 e. The fourth-order valence-electron chi connectivity index (χ4n) is 3.09. The zero-order valence-corrected chi connectivity index (χ0v) is 15.6. The van der Waals surface area contributed by atoms with Crippen molar-refractivity contribution in [3.05, 3.63) is 69.0 Å². The van der Waals surface area contributed by atoms with Crippen LogP contribution < -0.4 is 21.7 Å². The molecule has 0 aliphatic heterocycles. The Bertz CT molecular complexity index is 1480. The summed E-state index contributed by atoms with van der Waals surface area (Å²) in [5.74, 6) is 0.242. The second-order valence-electron chi connectivity index (χ2n) is 6.96. The van der Waals surface area contributed by atoms with Crippen LogP contribution in [0.3, 0.4) is 0 Å². The lowest BCUT2D eigenvalue weighted by Gasteiger charge is -2.08. The lowest BCUT2D eigenvalue weighted by molar-refractivity contribution is 0.454. The molecule has 10 nitrogen and oxygen atoms in total. The fraction of sp³-hybridized carbons (Fsp3) is 0.150. The molecule has 148 valence electrons. The summed E-state index contributed by atoms with van der Waals surface area (Å²) < 4.78 is 1.62. The lowest BCUT2D eigenvalue weighted by Crippen LogP contribution is -2.20. The van der Waals surface area contributed by atoms with Crippen LogP contribution in [0.5, 0.6) is 5.88 Å². The van der Waals surface area contributed by atoms with Gasteiger partial charge < -0.3 is 15.4 Å². The van der Waals surface area contributed by atoms with Gasteiger partial charge in [-0.15, -0.1) is 0 Å². The van der Waals surface area contributed by atoms with Crippen molar-refractivity contribution in [2.75, 3.05) is 5.32 Å². The molecule has 1 aliphatic rings. The summed E-state index contributed by atoms with van der Waals surface area (Å²) in [4.78, 5) is 25.6. The van der Waals surface area contributed by atoms with Crippen LogP contribution in [0.1, 0.15) is 24.1 Å². The minimum atomic E-state index is -0.511. The number of nitrogens with one attached hydrogen (secondary N) is 3. The van der Waals surface area contributed by atoms with E-state index in [-0.39, 0.29) is 17.6 Å². The summed E-state index contributed by atoms with van der Waals surface area (Å²) in [6, 6.07) is 11.3. The van der Waals surface area contributed by atoms with Gasteiger partial charge in [-0.05, 0) is 31.1 Å². The maximum absolute atomic E-state index is 11.4. The van der Waals surface area contributed by atoms with Gasteiger partial charge in [-0.25, -0.2) is 9.78 Å². The summed E-state index contributed by atoms with van der Waals surface area (Å²) in [7, 11) is 0. The smallest absolute Gasteiger partial charge is 0.326 e. The Morgan fingerprint density at radius 2 is 2.17 bits per heavy atom. The van der Waals surface area contributed by atoms with Gasteiger partial charge >= 0.3 is 5.69 Å². The molecule has 1 aliphatic carbocycles. The average molecular weight is 400 g/mol. The standard InChI is InChI=1S/C20H16N8O2/c21-9-11-3-1-2-4-14(11)24-16-8-17(23-13-5-6-13)28-18(26-16)12(10-22-28)7-15-19(29)27-20(30)25-15/h1-4,7-8,10,13,24,29H,5-6H2,(H2,25,27,30)/b12-7+,23-17?. The Kier molecular flexibility index (Phi) is 4.07. The van der Waals surface area contributed by atoms with E-state index in [2.05, 4.69) is 31.4 Å². The third-order valence-electron chi connectivity index (χ3n) is 4.69. The molecule has 0 amide bonds. The molecular weight excluding hydrogens is 384 g/mol. The maximum atomic E-state index is 11.4. The van der Waals surface area contributed by atoms with E-state index in [4.69, 9.17) is 4.99 Å². The quantitative estimate of drug-likeness (QED) is 0.396. The molecule has 0 bridgehead atoms. The molecule has 1 fully saturated rings. The van der Waals surface area contributed by atoms with Crippen molar-refractivity contribution >= 4 is 23.2 Å². The van der Waals surface area contributed by atoms with Gasteiger partial charge in [0.05, 0.1) is 23.5 Å². The van der Waals surface area contributed by atoms with Gasteiger partial charge in [-0.2, -0.15) is 14.9 Å². The number of imidazole rings is 1. The van der Waals surface area contributed by atoms with E-state index in [1.807, 2.05) is 6.07 Å². The molecule has 0 unspecified atom stereocenters. The molecule has 0 spiro atoms. The van der Waals surface area contributed by atoms with Crippen molar-refractivity contribution in [3.8, 4) is 11.9 Å². The van der Waals surface area contributed by atoms with Gasteiger partial charge in [-0.3, -0.25) is 9.98 Å². The number of aromatic amines is 2. The number of para-hydroxylation sites is 1. The maximum Gasteiger partial charge on any atom is 0.326 e. The summed E-state index contributed by atoms with van der Waals surface area (Å²) in [6.07, 6.45) is 5.23. The third kappa shape index (κ3) is 3.29. The van der Waals surface area contributed by atoms with E-state index in [9.17, 15) is 15.2 Å². The zero-order chi connectivity index (χ0) is 20.7. The van der Waals surface area contributed by atoms with Crippen LogP contribution in [-0.2, 0) is 0 Å². The first-order chi connectivity index (χ1) is 14.6. The number of H-pyrrole nitrogens is 2. The number of benzene rings is 1. The average Bonchev–Trinajstić information content (AvgIpc) is 3.37. The molecular formula is C20H16N8O2. The molecule has 4 N–H and O–H groups in total. The van der Waals surface area contributed by atoms with E-state index in [0.29, 0.717) is 33.4 Å². The predicted octanol–water partition coefficient (Wildman–Crippen LogP) is 0.677.